The minimum atomic E-state index is -3.82. The summed E-state index contributed by atoms with van der Waals surface area (Å²) >= 11 is 0. The molecule has 0 spiro atoms. The Kier molecular flexibility index (Phi) is 4.57. The van der Waals surface area contributed by atoms with Crippen molar-refractivity contribution in [1.82, 2.24) is 14.9 Å². The van der Waals surface area contributed by atoms with E-state index in [0.29, 0.717) is 6.54 Å². The number of piperazine rings is 1. The minimum Gasteiger partial charge on any atom is -0.358 e. The lowest BCUT2D eigenvalue weighted by molar-refractivity contribution is -0.124. The third-order valence-electron chi connectivity index (χ3n) is 3.31. The number of carbonyl (C=O) groups excluding carboxylic acids is 1. The van der Waals surface area contributed by atoms with E-state index in [1.165, 1.54) is 35.6 Å². The Morgan fingerprint density at radius 2 is 2.29 bits per heavy atom. The Labute approximate surface area is 123 Å². The first-order valence-corrected chi connectivity index (χ1v) is 7.89. The van der Waals surface area contributed by atoms with Crippen molar-refractivity contribution < 1.29 is 13.2 Å². The van der Waals surface area contributed by atoms with Crippen LogP contribution in [0.3, 0.4) is 0 Å². The van der Waals surface area contributed by atoms with Crippen molar-refractivity contribution in [3.8, 4) is 6.07 Å². The first kappa shape index (κ1) is 15.4. The standard InChI is InChI=1S/C13H16N4O3S/c1-15-13(18)12-9-16-5-6-17(12)21(19,20)11-4-2-3-10(7-11)8-14/h2-4,7,12,16H,5-6,9H2,1H3,(H,15,18). The maximum Gasteiger partial charge on any atom is 0.243 e. The van der Waals surface area contributed by atoms with E-state index in [0.717, 1.165) is 0 Å². The van der Waals surface area contributed by atoms with E-state index in [1.54, 1.807) is 0 Å². The molecule has 1 fully saturated rings. The van der Waals surface area contributed by atoms with Crippen LogP contribution in [0.15, 0.2) is 29.2 Å². The van der Waals surface area contributed by atoms with Gasteiger partial charge in [-0.2, -0.15) is 9.57 Å². The van der Waals surface area contributed by atoms with Gasteiger partial charge in [0.1, 0.15) is 6.04 Å². The van der Waals surface area contributed by atoms with Crippen LogP contribution in [0.5, 0.6) is 0 Å². The van der Waals surface area contributed by atoms with Crippen LogP contribution in [0.25, 0.3) is 0 Å². The fourth-order valence-corrected chi connectivity index (χ4v) is 3.86. The molecule has 1 saturated heterocycles. The highest BCUT2D eigenvalue weighted by Crippen LogP contribution is 2.20. The Morgan fingerprint density at radius 1 is 1.52 bits per heavy atom. The van der Waals surface area contributed by atoms with E-state index < -0.39 is 16.1 Å². The van der Waals surface area contributed by atoms with Crippen LogP contribution < -0.4 is 10.6 Å². The van der Waals surface area contributed by atoms with E-state index in [2.05, 4.69) is 10.6 Å². The molecule has 1 aromatic carbocycles. The van der Waals surface area contributed by atoms with Gasteiger partial charge in [-0.05, 0) is 18.2 Å². The summed E-state index contributed by atoms with van der Waals surface area (Å²) < 4.78 is 26.6. The summed E-state index contributed by atoms with van der Waals surface area (Å²) in [5.41, 5.74) is 0.266. The third kappa shape index (κ3) is 3.05. The zero-order valence-corrected chi connectivity index (χ0v) is 12.4. The van der Waals surface area contributed by atoms with Gasteiger partial charge in [-0.25, -0.2) is 8.42 Å². The summed E-state index contributed by atoms with van der Waals surface area (Å²) in [6.07, 6.45) is 0. The van der Waals surface area contributed by atoms with Gasteiger partial charge in [-0.3, -0.25) is 4.79 Å². The molecule has 7 nitrogen and oxygen atoms in total. The number of nitrogens with zero attached hydrogens (tertiary/aromatic N) is 2. The normalized spacial score (nSPS) is 19.7. The summed E-state index contributed by atoms with van der Waals surface area (Å²) in [4.78, 5) is 11.9. The molecule has 1 heterocycles. The van der Waals surface area contributed by atoms with Gasteiger partial charge < -0.3 is 10.6 Å². The second-order valence-corrected chi connectivity index (χ2v) is 6.48. The molecule has 1 amide bonds. The van der Waals surface area contributed by atoms with Crippen LogP contribution in [0.4, 0.5) is 0 Å². The third-order valence-corrected chi connectivity index (χ3v) is 5.22. The monoisotopic (exact) mass is 308 g/mol. The molecule has 21 heavy (non-hydrogen) atoms. The number of sulfonamides is 1. The number of rotatable bonds is 3. The van der Waals surface area contributed by atoms with E-state index in [4.69, 9.17) is 5.26 Å². The van der Waals surface area contributed by atoms with E-state index >= 15 is 0 Å². The van der Waals surface area contributed by atoms with Crippen LogP contribution in [0.2, 0.25) is 0 Å². The molecule has 1 unspecified atom stereocenters. The number of nitrogens with one attached hydrogen (secondary N) is 2. The van der Waals surface area contributed by atoms with Gasteiger partial charge in [-0.15, -0.1) is 0 Å². The molecule has 1 aliphatic heterocycles. The number of nitriles is 1. The minimum absolute atomic E-state index is 0.0253. The van der Waals surface area contributed by atoms with Crippen molar-refractivity contribution in [3.05, 3.63) is 29.8 Å². The summed E-state index contributed by atoms with van der Waals surface area (Å²) in [6.45, 7) is 0.943. The lowest BCUT2D eigenvalue weighted by atomic mass is 10.2. The number of amides is 1. The molecule has 112 valence electrons. The Balaban J connectivity index is 2.40. The second-order valence-electron chi connectivity index (χ2n) is 4.59. The highest BCUT2D eigenvalue weighted by molar-refractivity contribution is 7.89. The fourth-order valence-electron chi connectivity index (χ4n) is 2.22. The highest BCUT2D eigenvalue weighted by atomic mass is 32.2. The van der Waals surface area contributed by atoms with E-state index in [9.17, 15) is 13.2 Å². The van der Waals surface area contributed by atoms with Gasteiger partial charge in [0.2, 0.25) is 15.9 Å². The number of hydrogen-bond acceptors (Lipinski definition) is 5. The van der Waals surface area contributed by atoms with Crippen LogP contribution in [-0.2, 0) is 14.8 Å². The van der Waals surface area contributed by atoms with Gasteiger partial charge in [0, 0.05) is 26.7 Å². The zero-order valence-electron chi connectivity index (χ0n) is 11.5. The van der Waals surface area contributed by atoms with Gasteiger partial charge in [0.25, 0.3) is 0 Å². The summed E-state index contributed by atoms with van der Waals surface area (Å²) in [6, 6.07) is 6.92. The van der Waals surface area contributed by atoms with Crippen molar-refractivity contribution in [2.75, 3.05) is 26.7 Å². The Hall–Kier alpha value is -1.95. The molecule has 2 N–H and O–H groups in total. The molecule has 0 aliphatic carbocycles. The Bertz CT molecular complexity index is 681. The second kappa shape index (κ2) is 6.22. The number of benzene rings is 1. The van der Waals surface area contributed by atoms with Crippen LogP contribution >= 0.6 is 0 Å². The Morgan fingerprint density at radius 3 is 2.95 bits per heavy atom. The van der Waals surface area contributed by atoms with Crippen molar-refractivity contribution in [3.63, 3.8) is 0 Å². The van der Waals surface area contributed by atoms with Gasteiger partial charge in [-0.1, -0.05) is 6.07 Å². The lowest BCUT2D eigenvalue weighted by Gasteiger charge is -2.33. The van der Waals surface area contributed by atoms with E-state index in [1.807, 2.05) is 6.07 Å². The summed E-state index contributed by atoms with van der Waals surface area (Å²) in [5.74, 6) is -0.359. The fraction of sp³-hybridized carbons (Fsp3) is 0.385. The van der Waals surface area contributed by atoms with Crippen molar-refractivity contribution in [2.24, 2.45) is 0 Å². The average Bonchev–Trinajstić information content (AvgIpc) is 2.54. The molecular formula is C13H16N4O3S. The predicted molar refractivity (Wildman–Crippen MR) is 75.8 cm³/mol. The smallest absolute Gasteiger partial charge is 0.243 e. The van der Waals surface area contributed by atoms with Crippen molar-refractivity contribution in [1.29, 1.82) is 5.26 Å². The lowest BCUT2D eigenvalue weighted by Crippen LogP contribution is -2.59. The molecular weight excluding hydrogens is 292 g/mol. The molecule has 0 bridgehead atoms. The topological polar surface area (TPSA) is 102 Å². The van der Waals surface area contributed by atoms with Gasteiger partial charge in [0.15, 0.2) is 0 Å². The molecule has 1 aliphatic rings. The molecule has 0 radical (unpaired) electrons. The quantitative estimate of drug-likeness (QED) is 0.766. The molecule has 2 rings (SSSR count). The number of likely N-dealkylation sites (N-methyl/N-ethyl adjacent to an activating group) is 1. The molecule has 8 heteroatoms. The molecule has 1 atom stereocenters. The van der Waals surface area contributed by atoms with E-state index in [-0.39, 0.29) is 29.5 Å². The largest absolute Gasteiger partial charge is 0.358 e. The summed E-state index contributed by atoms with van der Waals surface area (Å²) in [5, 5.41) is 14.4. The van der Waals surface area contributed by atoms with Crippen LogP contribution in [-0.4, -0.2) is 51.4 Å². The van der Waals surface area contributed by atoms with Crippen molar-refractivity contribution >= 4 is 15.9 Å². The molecule has 0 saturated carbocycles. The van der Waals surface area contributed by atoms with Gasteiger partial charge >= 0.3 is 0 Å². The van der Waals surface area contributed by atoms with Crippen molar-refractivity contribution in [2.45, 2.75) is 10.9 Å². The predicted octanol–water partition coefficient (Wildman–Crippen LogP) is -0.733. The highest BCUT2D eigenvalue weighted by Gasteiger charge is 2.37. The first-order chi connectivity index (χ1) is 10.0. The first-order valence-electron chi connectivity index (χ1n) is 6.45. The maximum absolute atomic E-state index is 12.7. The van der Waals surface area contributed by atoms with Crippen LogP contribution in [0, 0.1) is 11.3 Å². The molecule has 1 aromatic rings. The average molecular weight is 308 g/mol. The summed E-state index contributed by atoms with van der Waals surface area (Å²) in [7, 11) is -2.35. The molecule has 0 aromatic heterocycles. The number of carbonyl (C=O) groups is 1. The van der Waals surface area contributed by atoms with Crippen LogP contribution in [0.1, 0.15) is 5.56 Å². The van der Waals surface area contributed by atoms with Gasteiger partial charge in [0.05, 0.1) is 16.5 Å². The number of hydrogen-bond donors (Lipinski definition) is 2. The maximum atomic E-state index is 12.7. The SMILES string of the molecule is CNC(=O)C1CNCCN1S(=O)(=O)c1cccc(C#N)c1. The zero-order chi connectivity index (χ0) is 15.5.